The van der Waals surface area contributed by atoms with E-state index in [-0.39, 0.29) is 12.5 Å². The summed E-state index contributed by atoms with van der Waals surface area (Å²) < 4.78 is 5.58. The fourth-order valence-electron chi connectivity index (χ4n) is 5.64. The third-order valence-corrected chi connectivity index (χ3v) is 7.45. The van der Waals surface area contributed by atoms with Crippen LogP contribution in [0.1, 0.15) is 29.7 Å². The molecule has 2 amide bonds. The standard InChI is InChI=1S/C30H31N3O4/c1-5-37-29(36)30(21-9-7-6-8-10-21)25-24(26(31-30)20-13-17-22(18-14-20)32(3)4)27(34)33(28(25)35)23-15-11-19(2)12-16-23/h6-18,24-26,31H,5H2,1-4H3/t24-,25+,26+,30+/m0/s1. The molecule has 0 radical (unpaired) electrons. The molecule has 0 bridgehead atoms. The summed E-state index contributed by atoms with van der Waals surface area (Å²) >= 11 is 0. The number of ether oxygens (including phenoxy) is 1. The molecule has 1 N–H and O–H groups in total. The summed E-state index contributed by atoms with van der Waals surface area (Å²) in [5, 5.41) is 3.46. The van der Waals surface area contributed by atoms with Crippen molar-refractivity contribution < 1.29 is 19.1 Å². The summed E-state index contributed by atoms with van der Waals surface area (Å²) in [5.74, 6) is -3.05. The maximum atomic E-state index is 14.2. The number of aryl methyl sites for hydroxylation is 1. The highest BCUT2D eigenvalue weighted by atomic mass is 16.5. The molecule has 190 valence electrons. The van der Waals surface area contributed by atoms with Crippen molar-refractivity contribution in [2.24, 2.45) is 11.8 Å². The number of amides is 2. The predicted octanol–water partition coefficient (Wildman–Crippen LogP) is 3.97. The molecule has 0 aliphatic carbocycles. The molecule has 2 aliphatic heterocycles. The minimum absolute atomic E-state index is 0.151. The molecule has 3 aromatic carbocycles. The summed E-state index contributed by atoms with van der Waals surface area (Å²) in [7, 11) is 3.91. The molecule has 0 saturated carbocycles. The summed E-state index contributed by atoms with van der Waals surface area (Å²) in [6, 6.07) is 23.7. The molecule has 3 aromatic rings. The van der Waals surface area contributed by atoms with E-state index in [2.05, 4.69) is 5.32 Å². The average molecular weight is 498 g/mol. The third kappa shape index (κ3) is 3.90. The van der Waals surface area contributed by atoms with Gasteiger partial charge in [-0.25, -0.2) is 9.69 Å². The molecular formula is C30H31N3O4. The van der Waals surface area contributed by atoms with Crippen LogP contribution in [0, 0.1) is 18.8 Å². The number of benzene rings is 3. The highest BCUT2D eigenvalue weighted by Gasteiger charge is 2.69. The monoisotopic (exact) mass is 497 g/mol. The number of carbonyl (C=O) groups excluding carboxylic acids is 3. The normalized spacial score (nSPS) is 24.8. The Balaban J connectivity index is 1.70. The molecule has 5 rings (SSSR count). The Hall–Kier alpha value is -3.97. The fourth-order valence-corrected chi connectivity index (χ4v) is 5.64. The molecule has 0 spiro atoms. The number of carbonyl (C=O) groups is 3. The largest absolute Gasteiger partial charge is 0.464 e. The fraction of sp³-hybridized carbons (Fsp3) is 0.300. The van der Waals surface area contributed by atoms with E-state index in [1.807, 2.05) is 92.6 Å². The maximum absolute atomic E-state index is 14.2. The van der Waals surface area contributed by atoms with E-state index in [9.17, 15) is 14.4 Å². The summed E-state index contributed by atoms with van der Waals surface area (Å²) in [6.45, 7) is 3.84. The zero-order valence-corrected chi connectivity index (χ0v) is 21.5. The number of esters is 1. The lowest BCUT2D eigenvalue weighted by Gasteiger charge is -2.33. The molecule has 37 heavy (non-hydrogen) atoms. The van der Waals surface area contributed by atoms with Gasteiger partial charge in [0.15, 0.2) is 5.54 Å². The van der Waals surface area contributed by atoms with Crippen LogP contribution in [0.15, 0.2) is 78.9 Å². The number of rotatable bonds is 6. The van der Waals surface area contributed by atoms with Crippen LogP contribution in [-0.2, 0) is 24.7 Å². The Labute approximate surface area is 217 Å². The topological polar surface area (TPSA) is 79.0 Å². The minimum atomic E-state index is -1.51. The van der Waals surface area contributed by atoms with Crippen LogP contribution in [0.4, 0.5) is 11.4 Å². The van der Waals surface area contributed by atoms with E-state index < -0.39 is 35.3 Å². The van der Waals surface area contributed by atoms with Crippen LogP contribution in [0.5, 0.6) is 0 Å². The van der Waals surface area contributed by atoms with Gasteiger partial charge in [-0.1, -0.05) is 60.2 Å². The van der Waals surface area contributed by atoms with Crippen LogP contribution >= 0.6 is 0 Å². The number of nitrogens with zero attached hydrogens (tertiary/aromatic N) is 2. The van der Waals surface area contributed by atoms with Gasteiger partial charge in [0, 0.05) is 25.8 Å². The molecule has 2 fully saturated rings. The maximum Gasteiger partial charge on any atom is 0.331 e. The van der Waals surface area contributed by atoms with Crippen molar-refractivity contribution in [1.82, 2.24) is 5.32 Å². The second-order valence-corrected chi connectivity index (χ2v) is 9.85. The van der Waals surface area contributed by atoms with Gasteiger partial charge in [-0.05, 0) is 49.2 Å². The SMILES string of the molecule is CCOC(=O)[C@]1(c2ccccc2)N[C@H](c2ccc(N(C)C)cc2)[C@H]2C(=O)N(c3ccc(C)cc3)C(=O)[C@@H]21. The summed E-state index contributed by atoms with van der Waals surface area (Å²) in [5.41, 5.74) is 2.45. The van der Waals surface area contributed by atoms with Crippen LogP contribution < -0.4 is 15.1 Å². The van der Waals surface area contributed by atoms with Crippen LogP contribution in [0.2, 0.25) is 0 Å². The smallest absolute Gasteiger partial charge is 0.331 e. The summed E-state index contributed by atoms with van der Waals surface area (Å²) in [6.07, 6.45) is 0. The van der Waals surface area contributed by atoms with Crippen molar-refractivity contribution in [2.75, 3.05) is 30.5 Å². The Kier molecular flexibility index (Phi) is 6.33. The van der Waals surface area contributed by atoms with E-state index in [0.29, 0.717) is 11.3 Å². The van der Waals surface area contributed by atoms with Crippen molar-refractivity contribution in [3.8, 4) is 0 Å². The first-order chi connectivity index (χ1) is 17.8. The van der Waals surface area contributed by atoms with Gasteiger partial charge < -0.3 is 9.64 Å². The van der Waals surface area contributed by atoms with Crippen molar-refractivity contribution >= 4 is 29.2 Å². The lowest BCUT2D eigenvalue weighted by Crippen LogP contribution is -2.54. The molecular weight excluding hydrogens is 466 g/mol. The quantitative estimate of drug-likeness (QED) is 0.410. The van der Waals surface area contributed by atoms with Crippen molar-refractivity contribution in [3.05, 3.63) is 95.6 Å². The first kappa shape index (κ1) is 24.7. The van der Waals surface area contributed by atoms with Gasteiger partial charge in [-0.2, -0.15) is 0 Å². The molecule has 7 nitrogen and oxygen atoms in total. The Morgan fingerprint density at radius 2 is 1.59 bits per heavy atom. The second kappa shape index (κ2) is 9.48. The third-order valence-electron chi connectivity index (χ3n) is 7.45. The minimum Gasteiger partial charge on any atom is -0.464 e. The van der Waals surface area contributed by atoms with Gasteiger partial charge in [0.1, 0.15) is 0 Å². The van der Waals surface area contributed by atoms with Gasteiger partial charge in [-0.3, -0.25) is 14.9 Å². The number of anilines is 2. The molecule has 0 unspecified atom stereocenters. The van der Waals surface area contributed by atoms with E-state index in [1.165, 1.54) is 4.90 Å². The van der Waals surface area contributed by atoms with Gasteiger partial charge in [0.25, 0.3) is 0 Å². The average Bonchev–Trinajstić information content (AvgIpc) is 3.40. The number of hydrogen-bond acceptors (Lipinski definition) is 6. The highest BCUT2D eigenvalue weighted by Crippen LogP contribution is 2.54. The van der Waals surface area contributed by atoms with E-state index in [0.717, 1.165) is 16.8 Å². The van der Waals surface area contributed by atoms with Crippen LogP contribution in [-0.4, -0.2) is 38.5 Å². The first-order valence-corrected chi connectivity index (χ1v) is 12.5. The number of hydrogen-bond donors (Lipinski definition) is 1. The predicted molar refractivity (Wildman–Crippen MR) is 142 cm³/mol. The van der Waals surface area contributed by atoms with Crippen molar-refractivity contribution in [2.45, 2.75) is 25.4 Å². The number of fused-ring (bicyclic) bond motifs is 1. The molecule has 2 saturated heterocycles. The number of imide groups is 1. The molecule has 0 aromatic heterocycles. The molecule has 2 heterocycles. The van der Waals surface area contributed by atoms with Gasteiger partial charge >= 0.3 is 5.97 Å². The van der Waals surface area contributed by atoms with Gasteiger partial charge in [0.05, 0.1) is 24.1 Å². The van der Waals surface area contributed by atoms with Crippen LogP contribution in [0.25, 0.3) is 0 Å². The summed E-state index contributed by atoms with van der Waals surface area (Å²) in [4.78, 5) is 45.2. The van der Waals surface area contributed by atoms with Crippen molar-refractivity contribution in [3.63, 3.8) is 0 Å². The first-order valence-electron chi connectivity index (χ1n) is 12.5. The molecule has 2 aliphatic rings. The zero-order chi connectivity index (χ0) is 26.3. The lowest BCUT2D eigenvalue weighted by atomic mass is 9.75. The Morgan fingerprint density at radius 3 is 2.19 bits per heavy atom. The molecule has 7 heteroatoms. The van der Waals surface area contributed by atoms with E-state index >= 15 is 0 Å². The lowest BCUT2D eigenvalue weighted by molar-refractivity contribution is -0.155. The number of nitrogens with one attached hydrogen (secondary N) is 1. The van der Waals surface area contributed by atoms with Crippen LogP contribution in [0.3, 0.4) is 0 Å². The van der Waals surface area contributed by atoms with E-state index in [1.54, 1.807) is 19.1 Å². The molecule has 4 atom stereocenters. The van der Waals surface area contributed by atoms with Gasteiger partial charge in [0.2, 0.25) is 11.8 Å². The zero-order valence-electron chi connectivity index (χ0n) is 21.5. The second-order valence-electron chi connectivity index (χ2n) is 9.85. The van der Waals surface area contributed by atoms with Crippen molar-refractivity contribution in [1.29, 1.82) is 0 Å². The highest BCUT2D eigenvalue weighted by molar-refractivity contribution is 6.24. The van der Waals surface area contributed by atoms with Gasteiger partial charge in [-0.15, -0.1) is 0 Å². The Bertz CT molecular complexity index is 1320. The Morgan fingerprint density at radius 1 is 0.946 bits per heavy atom. The van der Waals surface area contributed by atoms with E-state index in [4.69, 9.17) is 4.74 Å².